The number of carbonyl (C=O) groups is 1. The van der Waals surface area contributed by atoms with Crippen LogP contribution < -0.4 is 4.74 Å². The van der Waals surface area contributed by atoms with Crippen molar-refractivity contribution in [2.24, 2.45) is 0 Å². The summed E-state index contributed by atoms with van der Waals surface area (Å²) in [6, 6.07) is 5.19. The molecular formula is C16H13F3N2O3S. The Morgan fingerprint density at radius 1 is 1.32 bits per heavy atom. The number of carboxylic acids is 1. The van der Waals surface area contributed by atoms with E-state index in [9.17, 15) is 18.0 Å². The number of methoxy groups -OCH3 is 1. The third-order valence-electron chi connectivity index (χ3n) is 3.84. The molecule has 0 aliphatic rings. The number of fused-ring (bicyclic) bond motifs is 1. The maximum atomic E-state index is 13.4. The Bertz CT molecular complexity index is 989. The lowest BCUT2D eigenvalue weighted by Gasteiger charge is -2.09. The van der Waals surface area contributed by atoms with E-state index in [2.05, 4.69) is 4.98 Å². The fraction of sp³-hybridized carbons (Fsp3) is 0.250. The van der Waals surface area contributed by atoms with E-state index in [1.807, 2.05) is 6.92 Å². The number of hydrogen-bond donors (Lipinski definition) is 1. The highest BCUT2D eigenvalue weighted by Gasteiger charge is 2.41. The van der Waals surface area contributed by atoms with Gasteiger partial charge >= 0.3 is 12.1 Å². The van der Waals surface area contributed by atoms with E-state index >= 15 is 0 Å². The van der Waals surface area contributed by atoms with E-state index in [0.717, 1.165) is 9.96 Å². The molecule has 1 aromatic carbocycles. The number of rotatable bonds is 3. The van der Waals surface area contributed by atoms with Gasteiger partial charge < -0.3 is 9.84 Å². The standard InChI is InChI=1S/C16H13F3N2O3S/c1-7-6-9(4-5-10(7)24-3)11-8(2)21-13(16(17,18)19)12(14(22)23)25-15(21)20-11/h4-6H,1-3H3,(H,22,23). The zero-order valence-corrected chi connectivity index (χ0v) is 14.2. The van der Waals surface area contributed by atoms with E-state index in [4.69, 9.17) is 9.84 Å². The minimum absolute atomic E-state index is 0.00861. The Balaban J connectivity index is 2.27. The number of carboxylic acid groups (broad SMARTS) is 1. The van der Waals surface area contributed by atoms with Gasteiger partial charge in [-0.3, -0.25) is 4.40 Å². The van der Waals surface area contributed by atoms with Crippen LogP contribution in [0.25, 0.3) is 16.2 Å². The Labute approximate surface area is 144 Å². The number of alkyl halides is 3. The molecule has 0 saturated carbocycles. The fourth-order valence-corrected chi connectivity index (χ4v) is 3.78. The molecule has 0 atom stereocenters. The summed E-state index contributed by atoms with van der Waals surface area (Å²) in [7, 11) is 1.53. The van der Waals surface area contributed by atoms with Crippen molar-refractivity contribution < 1.29 is 27.8 Å². The normalized spacial score (nSPS) is 11.9. The van der Waals surface area contributed by atoms with Crippen LogP contribution >= 0.6 is 11.3 Å². The molecule has 25 heavy (non-hydrogen) atoms. The van der Waals surface area contributed by atoms with Gasteiger partial charge in [-0.25, -0.2) is 9.78 Å². The van der Waals surface area contributed by atoms with Crippen LogP contribution in [-0.4, -0.2) is 27.6 Å². The Hall–Kier alpha value is -2.55. The van der Waals surface area contributed by atoms with Crippen LogP contribution in [0.4, 0.5) is 13.2 Å². The van der Waals surface area contributed by atoms with Crippen LogP contribution in [-0.2, 0) is 6.18 Å². The van der Waals surface area contributed by atoms with Crippen LogP contribution in [0.15, 0.2) is 18.2 Å². The van der Waals surface area contributed by atoms with Gasteiger partial charge in [-0.15, -0.1) is 0 Å². The summed E-state index contributed by atoms with van der Waals surface area (Å²) in [5.74, 6) is -0.962. The summed E-state index contributed by atoms with van der Waals surface area (Å²) in [5, 5.41) is 9.08. The molecule has 0 radical (unpaired) electrons. The van der Waals surface area contributed by atoms with Gasteiger partial charge in [0.25, 0.3) is 0 Å². The van der Waals surface area contributed by atoms with E-state index < -0.39 is 22.7 Å². The third kappa shape index (κ3) is 2.74. The van der Waals surface area contributed by atoms with E-state index in [0.29, 0.717) is 28.3 Å². The average Bonchev–Trinajstić information content (AvgIpc) is 3.04. The van der Waals surface area contributed by atoms with Crippen LogP contribution in [0.2, 0.25) is 0 Å². The van der Waals surface area contributed by atoms with Crippen molar-refractivity contribution in [3.05, 3.63) is 40.0 Å². The average molecular weight is 370 g/mol. The van der Waals surface area contributed by atoms with Crippen molar-refractivity contribution in [3.8, 4) is 17.0 Å². The summed E-state index contributed by atoms with van der Waals surface area (Å²) in [6.07, 6.45) is -4.80. The van der Waals surface area contributed by atoms with Gasteiger partial charge in [0.15, 0.2) is 10.7 Å². The van der Waals surface area contributed by atoms with Gasteiger partial charge in [0.2, 0.25) is 0 Å². The minimum atomic E-state index is -4.80. The molecule has 0 fully saturated rings. The molecule has 0 aliphatic heterocycles. The largest absolute Gasteiger partial charge is 0.496 e. The number of aryl methyl sites for hydroxylation is 2. The van der Waals surface area contributed by atoms with Crippen molar-refractivity contribution in [2.75, 3.05) is 7.11 Å². The Kier molecular flexibility index (Phi) is 3.98. The van der Waals surface area contributed by atoms with E-state index in [1.54, 1.807) is 18.2 Å². The summed E-state index contributed by atoms with van der Waals surface area (Å²) in [5.41, 5.74) is 0.853. The van der Waals surface area contributed by atoms with Crippen molar-refractivity contribution >= 4 is 22.3 Å². The molecule has 0 amide bonds. The maximum absolute atomic E-state index is 13.4. The number of hydrogen-bond acceptors (Lipinski definition) is 4. The predicted octanol–water partition coefficient (Wildman–Crippen LogP) is 4.41. The van der Waals surface area contributed by atoms with Gasteiger partial charge in [0.05, 0.1) is 12.8 Å². The molecule has 3 rings (SSSR count). The van der Waals surface area contributed by atoms with Gasteiger partial charge in [-0.05, 0) is 37.6 Å². The highest BCUT2D eigenvalue weighted by molar-refractivity contribution is 7.19. The van der Waals surface area contributed by atoms with Gasteiger partial charge in [-0.1, -0.05) is 11.3 Å². The molecule has 0 bridgehead atoms. The highest BCUT2D eigenvalue weighted by Crippen LogP contribution is 2.40. The Morgan fingerprint density at radius 2 is 2.00 bits per heavy atom. The fourth-order valence-electron chi connectivity index (χ4n) is 2.75. The molecule has 3 aromatic rings. The number of benzene rings is 1. The zero-order chi connectivity index (χ0) is 18.5. The third-order valence-corrected chi connectivity index (χ3v) is 4.87. The van der Waals surface area contributed by atoms with Crippen molar-refractivity contribution in [3.63, 3.8) is 0 Å². The predicted molar refractivity (Wildman–Crippen MR) is 86.5 cm³/mol. The molecule has 0 saturated heterocycles. The number of ether oxygens (including phenoxy) is 1. The molecular weight excluding hydrogens is 357 g/mol. The van der Waals surface area contributed by atoms with Crippen molar-refractivity contribution in [2.45, 2.75) is 20.0 Å². The zero-order valence-electron chi connectivity index (χ0n) is 13.4. The molecule has 1 N–H and O–H groups in total. The van der Waals surface area contributed by atoms with E-state index in [1.165, 1.54) is 14.0 Å². The van der Waals surface area contributed by atoms with Crippen LogP contribution in [0.3, 0.4) is 0 Å². The second kappa shape index (κ2) is 5.76. The topological polar surface area (TPSA) is 63.8 Å². The van der Waals surface area contributed by atoms with Crippen LogP contribution in [0.5, 0.6) is 5.75 Å². The monoisotopic (exact) mass is 370 g/mol. The maximum Gasteiger partial charge on any atom is 0.433 e. The Morgan fingerprint density at radius 3 is 2.52 bits per heavy atom. The number of thiazole rings is 1. The number of aromatic nitrogens is 2. The van der Waals surface area contributed by atoms with Crippen LogP contribution in [0, 0.1) is 13.8 Å². The highest BCUT2D eigenvalue weighted by atomic mass is 32.1. The number of nitrogens with zero attached hydrogens (tertiary/aromatic N) is 2. The lowest BCUT2D eigenvalue weighted by Crippen LogP contribution is -2.14. The van der Waals surface area contributed by atoms with Crippen molar-refractivity contribution in [1.29, 1.82) is 0 Å². The first-order valence-corrected chi connectivity index (χ1v) is 7.94. The first-order valence-electron chi connectivity index (χ1n) is 7.12. The molecule has 2 heterocycles. The molecule has 0 aliphatic carbocycles. The molecule has 0 unspecified atom stereocenters. The second-order valence-electron chi connectivity index (χ2n) is 5.43. The van der Waals surface area contributed by atoms with Gasteiger partial charge in [0.1, 0.15) is 10.6 Å². The van der Waals surface area contributed by atoms with Crippen LogP contribution in [0.1, 0.15) is 26.6 Å². The molecule has 5 nitrogen and oxygen atoms in total. The van der Waals surface area contributed by atoms with Gasteiger partial charge in [-0.2, -0.15) is 13.2 Å². The number of imidazole rings is 1. The lowest BCUT2D eigenvalue weighted by atomic mass is 10.1. The summed E-state index contributed by atoms with van der Waals surface area (Å²) < 4.78 is 46.3. The smallest absolute Gasteiger partial charge is 0.433 e. The first-order chi connectivity index (χ1) is 11.6. The summed E-state index contributed by atoms with van der Waals surface area (Å²) in [6.45, 7) is 3.31. The SMILES string of the molecule is COc1ccc(-c2nc3sc(C(=O)O)c(C(F)(F)F)n3c2C)cc1C. The lowest BCUT2D eigenvalue weighted by molar-refractivity contribution is -0.142. The molecule has 9 heteroatoms. The quantitative estimate of drug-likeness (QED) is 0.742. The molecule has 2 aromatic heterocycles. The first kappa shape index (κ1) is 17.3. The molecule has 0 spiro atoms. The van der Waals surface area contributed by atoms with Gasteiger partial charge in [0, 0.05) is 11.3 Å². The van der Waals surface area contributed by atoms with Crippen molar-refractivity contribution in [1.82, 2.24) is 9.38 Å². The number of halogens is 3. The summed E-state index contributed by atoms with van der Waals surface area (Å²) in [4.78, 5) is 14.6. The second-order valence-corrected chi connectivity index (χ2v) is 6.41. The molecule has 132 valence electrons. The summed E-state index contributed by atoms with van der Waals surface area (Å²) >= 11 is 0.508. The van der Waals surface area contributed by atoms with E-state index in [-0.39, 0.29) is 10.7 Å². The minimum Gasteiger partial charge on any atom is -0.496 e. The number of aromatic carboxylic acids is 1.